The van der Waals surface area contributed by atoms with Crippen molar-refractivity contribution in [2.24, 2.45) is 0 Å². The second-order valence-electron chi connectivity index (χ2n) is 5.65. The number of carbonyl (C=O) groups excluding carboxylic acids is 1. The molecule has 0 aromatic carbocycles. The van der Waals surface area contributed by atoms with Crippen LogP contribution < -0.4 is 0 Å². The molecule has 0 spiro atoms. The monoisotopic (exact) mass is 305 g/mol. The van der Waals surface area contributed by atoms with Crippen LogP contribution in [0.25, 0.3) is 0 Å². The van der Waals surface area contributed by atoms with Gasteiger partial charge in [-0.25, -0.2) is 4.79 Å². The van der Waals surface area contributed by atoms with Crippen molar-refractivity contribution in [3.63, 3.8) is 0 Å². The zero-order valence-electron chi connectivity index (χ0n) is 11.2. The number of ether oxygens (including phenoxy) is 1. The summed E-state index contributed by atoms with van der Waals surface area (Å²) < 4.78 is 5.46. The van der Waals surface area contributed by atoms with Crippen molar-refractivity contribution in [1.82, 2.24) is 4.90 Å². The Kier molecular flexibility index (Phi) is 5.77. The number of carbonyl (C=O) groups is 1. The molecule has 0 bridgehead atoms. The third-order valence-electron chi connectivity index (χ3n) is 2.93. The van der Waals surface area contributed by atoms with Crippen molar-refractivity contribution in [2.75, 3.05) is 11.9 Å². The lowest BCUT2D eigenvalue weighted by molar-refractivity contribution is 0.00885. The van der Waals surface area contributed by atoms with Crippen molar-refractivity contribution in [3.05, 3.63) is 0 Å². The van der Waals surface area contributed by atoms with Gasteiger partial charge in [0.2, 0.25) is 0 Å². The number of amides is 1. The highest BCUT2D eigenvalue weighted by molar-refractivity contribution is 9.09. The zero-order chi connectivity index (χ0) is 12.9. The van der Waals surface area contributed by atoms with Gasteiger partial charge in [-0.3, -0.25) is 0 Å². The molecule has 0 unspecified atom stereocenters. The van der Waals surface area contributed by atoms with E-state index in [0.717, 1.165) is 37.6 Å². The highest BCUT2D eigenvalue weighted by Crippen LogP contribution is 2.23. The Bertz CT molecular complexity index is 250. The van der Waals surface area contributed by atoms with Crippen LogP contribution in [0.4, 0.5) is 4.79 Å². The van der Waals surface area contributed by atoms with Crippen LogP contribution in [0.15, 0.2) is 0 Å². The van der Waals surface area contributed by atoms with Gasteiger partial charge in [-0.1, -0.05) is 15.9 Å². The summed E-state index contributed by atoms with van der Waals surface area (Å²) in [4.78, 5) is 14.0. The van der Waals surface area contributed by atoms with Gasteiger partial charge in [0.15, 0.2) is 0 Å². The first-order chi connectivity index (χ1) is 7.94. The van der Waals surface area contributed by atoms with Crippen LogP contribution in [-0.4, -0.2) is 34.5 Å². The fourth-order valence-corrected chi connectivity index (χ4v) is 2.50. The number of nitrogens with zero attached hydrogens (tertiary/aromatic N) is 1. The Hall–Kier alpha value is -0.250. The van der Waals surface area contributed by atoms with Crippen molar-refractivity contribution in [1.29, 1.82) is 0 Å². The number of halogens is 1. The molecule has 0 aromatic rings. The van der Waals surface area contributed by atoms with E-state index in [0.29, 0.717) is 6.04 Å². The Morgan fingerprint density at radius 1 is 1.41 bits per heavy atom. The van der Waals surface area contributed by atoms with E-state index in [9.17, 15) is 4.79 Å². The van der Waals surface area contributed by atoms with Crippen LogP contribution in [0.2, 0.25) is 0 Å². The summed E-state index contributed by atoms with van der Waals surface area (Å²) in [6.45, 7) is 6.61. The number of piperidine rings is 1. The quantitative estimate of drug-likeness (QED) is 0.739. The van der Waals surface area contributed by atoms with Gasteiger partial charge in [0, 0.05) is 17.9 Å². The predicted octanol–water partition coefficient (Wildman–Crippen LogP) is 3.95. The molecule has 0 N–H and O–H groups in total. The summed E-state index contributed by atoms with van der Waals surface area (Å²) in [7, 11) is 0. The molecule has 0 saturated carbocycles. The van der Waals surface area contributed by atoms with E-state index in [4.69, 9.17) is 4.74 Å². The average molecular weight is 306 g/mol. The van der Waals surface area contributed by atoms with E-state index >= 15 is 0 Å². The topological polar surface area (TPSA) is 29.5 Å². The van der Waals surface area contributed by atoms with Crippen LogP contribution in [0.5, 0.6) is 0 Å². The number of rotatable bonds is 3. The first-order valence-corrected chi connectivity index (χ1v) is 7.62. The van der Waals surface area contributed by atoms with Crippen LogP contribution in [0.3, 0.4) is 0 Å². The standard InChI is InChI=1S/C13H24BrNO2/c1-13(2,3)17-12(16)15-10-5-4-7-11(15)8-6-9-14/h11H,4-10H2,1-3H3/t11-/m1/s1. The summed E-state index contributed by atoms with van der Waals surface area (Å²) in [5, 5.41) is 1.01. The summed E-state index contributed by atoms with van der Waals surface area (Å²) in [5.74, 6) is 0. The molecule has 1 atom stereocenters. The first kappa shape index (κ1) is 14.8. The van der Waals surface area contributed by atoms with E-state index in [-0.39, 0.29) is 6.09 Å². The van der Waals surface area contributed by atoms with Crippen molar-refractivity contribution < 1.29 is 9.53 Å². The van der Waals surface area contributed by atoms with E-state index in [1.54, 1.807) is 0 Å². The maximum absolute atomic E-state index is 12.1. The molecule has 0 aromatic heterocycles. The Morgan fingerprint density at radius 3 is 2.71 bits per heavy atom. The Morgan fingerprint density at radius 2 is 2.12 bits per heavy atom. The molecule has 1 heterocycles. The highest BCUT2D eigenvalue weighted by Gasteiger charge is 2.29. The SMILES string of the molecule is CC(C)(C)OC(=O)N1CCCC[C@@H]1CCCBr. The molecule has 1 saturated heterocycles. The summed E-state index contributed by atoms with van der Waals surface area (Å²) in [6, 6.07) is 0.371. The highest BCUT2D eigenvalue weighted by atomic mass is 79.9. The van der Waals surface area contributed by atoms with Crippen LogP contribution in [-0.2, 0) is 4.74 Å². The van der Waals surface area contributed by atoms with Gasteiger partial charge < -0.3 is 9.64 Å². The summed E-state index contributed by atoms with van der Waals surface area (Å²) in [5.41, 5.74) is -0.394. The van der Waals surface area contributed by atoms with E-state index in [2.05, 4.69) is 15.9 Å². The van der Waals surface area contributed by atoms with Crippen molar-refractivity contribution in [2.45, 2.75) is 64.5 Å². The molecule has 0 aliphatic carbocycles. The molecule has 100 valence electrons. The van der Waals surface area contributed by atoms with Crippen molar-refractivity contribution in [3.8, 4) is 0 Å². The maximum Gasteiger partial charge on any atom is 0.410 e. The van der Waals surface area contributed by atoms with Gasteiger partial charge >= 0.3 is 6.09 Å². The minimum absolute atomic E-state index is 0.142. The molecule has 1 amide bonds. The molecule has 0 radical (unpaired) electrons. The van der Waals surface area contributed by atoms with Gasteiger partial charge in [0.1, 0.15) is 5.60 Å². The lowest BCUT2D eigenvalue weighted by atomic mass is 9.99. The minimum Gasteiger partial charge on any atom is -0.444 e. The van der Waals surface area contributed by atoms with Gasteiger partial charge in [-0.15, -0.1) is 0 Å². The van der Waals surface area contributed by atoms with Crippen LogP contribution in [0, 0.1) is 0 Å². The number of likely N-dealkylation sites (tertiary alicyclic amines) is 1. The van der Waals surface area contributed by atoms with Gasteiger partial charge in [0.05, 0.1) is 0 Å². The summed E-state index contributed by atoms with van der Waals surface area (Å²) >= 11 is 3.45. The molecular formula is C13H24BrNO2. The third kappa shape index (κ3) is 5.28. The van der Waals surface area contributed by atoms with E-state index in [1.807, 2.05) is 25.7 Å². The van der Waals surface area contributed by atoms with Crippen LogP contribution >= 0.6 is 15.9 Å². The molecule has 4 heteroatoms. The summed E-state index contributed by atoms with van der Waals surface area (Å²) in [6.07, 6.45) is 5.49. The average Bonchev–Trinajstić information content (AvgIpc) is 2.24. The number of hydrogen-bond donors (Lipinski definition) is 0. The third-order valence-corrected chi connectivity index (χ3v) is 3.49. The Labute approximate surface area is 113 Å². The van der Waals surface area contributed by atoms with Gasteiger partial charge in [-0.2, -0.15) is 0 Å². The fourth-order valence-electron chi connectivity index (χ4n) is 2.17. The second-order valence-corrected chi connectivity index (χ2v) is 6.45. The molecule has 1 fully saturated rings. The van der Waals surface area contributed by atoms with Gasteiger partial charge in [0.25, 0.3) is 0 Å². The lowest BCUT2D eigenvalue weighted by Gasteiger charge is -2.36. The zero-order valence-corrected chi connectivity index (χ0v) is 12.8. The molecule has 1 aliphatic heterocycles. The molecule has 1 rings (SSSR count). The Balaban J connectivity index is 2.54. The molecule has 1 aliphatic rings. The maximum atomic E-state index is 12.1. The molecular weight excluding hydrogens is 282 g/mol. The van der Waals surface area contributed by atoms with Gasteiger partial charge in [-0.05, 0) is 52.9 Å². The second kappa shape index (κ2) is 6.62. The first-order valence-electron chi connectivity index (χ1n) is 6.49. The minimum atomic E-state index is -0.394. The number of alkyl halides is 1. The smallest absolute Gasteiger partial charge is 0.410 e. The lowest BCUT2D eigenvalue weighted by Crippen LogP contribution is -2.46. The van der Waals surface area contributed by atoms with Crippen molar-refractivity contribution >= 4 is 22.0 Å². The molecule has 17 heavy (non-hydrogen) atoms. The molecule has 3 nitrogen and oxygen atoms in total. The number of hydrogen-bond acceptors (Lipinski definition) is 2. The normalized spacial score (nSPS) is 21.4. The largest absolute Gasteiger partial charge is 0.444 e. The van der Waals surface area contributed by atoms with E-state index < -0.39 is 5.60 Å². The van der Waals surface area contributed by atoms with Crippen LogP contribution in [0.1, 0.15) is 52.9 Å². The predicted molar refractivity (Wildman–Crippen MR) is 73.6 cm³/mol. The van der Waals surface area contributed by atoms with E-state index in [1.165, 1.54) is 6.42 Å². The fraction of sp³-hybridized carbons (Fsp3) is 0.923.